The minimum Gasteiger partial charge on any atom is -0.462 e. The molecule has 0 heterocycles. The Balaban J connectivity index is 4.51. The van der Waals surface area contributed by atoms with Gasteiger partial charge >= 0.3 is 5.97 Å². The number of allylic oxidation sites excluding steroid dienone is 2. The van der Waals surface area contributed by atoms with Gasteiger partial charge in [-0.1, -0.05) is 290 Å². The van der Waals surface area contributed by atoms with E-state index in [-0.39, 0.29) is 24.9 Å². The number of aliphatic hydroxyl groups excluding tert-OH is 2. The van der Waals surface area contributed by atoms with E-state index in [1.54, 1.807) is 0 Å². The van der Waals surface area contributed by atoms with Crippen LogP contribution in [0.3, 0.4) is 0 Å². The highest BCUT2D eigenvalue weighted by Crippen LogP contribution is 2.19. The molecular formula is C61H119NO5. The van der Waals surface area contributed by atoms with Gasteiger partial charge in [0.15, 0.2) is 0 Å². The first kappa shape index (κ1) is 65.6. The van der Waals surface area contributed by atoms with Crippen LogP contribution < -0.4 is 5.32 Å². The van der Waals surface area contributed by atoms with Crippen molar-refractivity contribution >= 4 is 11.9 Å². The van der Waals surface area contributed by atoms with Gasteiger partial charge in [-0.2, -0.15) is 0 Å². The van der Waals surface area contributed by atoms with Gasteiger partial charge in [-0.3, -0.25) is 9.59 Å². The van der Waals surface area contributed by atoms with E-state index in [1.165, 1.54) is 244 Å². The van der Waals surface area contributed by atoms with Crippen LogP contribution in [0.2, 0.25) is 0 Å². The van der Waals surface area contributed by atoms with Crippen LogP contribution in [0.1, 0.15) is 342 Å². The van der Waals surface area contributed by atoms with E-state index in [4.69, 9.17) is 4.74 Å². The fourth-order valence-electron chi connectivity index (χ4n) is 9.72. The summed E-state index contributed by atoms with van der Waals surface area (Å²) >= 11 is 0. The van der Waals surface area contributed by atoms with Crippen LogP contribution in [0.4, 0.5) is 0 Å². The van der Waals surface area contributed by atoms with Crippen LogP contribution in [0.25, 0.3) is 0 Å². The minimum absolute atomic E-state index is 0.0826. The fourth-order valence-corrected chi connectivity index (χ4v) is 9.72. The maximum atomic E-state index is 13.3. The first-order chi connectivity index (χ1) is 33.0. The second kappa shape index (κ2) is 55.5. The number of hydrogen-bond donors (Lipinski definition) is 3. The second-order valence-electron chi connectivity index (χ2n) is 21.1. The van der Waals surface area contributed by atoms with E-state index in [0.717, 1.165) is 51.4 Å². The maximum absolute atomic E-state index is 13.3. The molecule has 0 saturated heterocycles. The van der Waals surface area contributed by atoms with Gasteiger partial charge in [0, 0.05) is 6.42 Å². The molecule has 0 radical (unpaired) electrons. The van der Waals surface area contributed by atoms with E-state index in [1.807, 2.05) is 0 Å². The zero-order chi connectivity index (χ0) is 48.8. The number of carbonyl (C=O) groups is 2. The lowest BCUT2D eigenvalue weighted by Crippen LogP contribution is -2.46. The lowest BCUT2D eigenvalue weighted by molar-refractivity contribution is -0.151. The molecule has 0 aromatic carbocycles. The molecule has 0 spiro atoms. The molecule has 0 aliphatic heterocycles. The highest BCUT2D eigenvalue weighted by molar-refractivity contribution is 5.77. The maximum Gasteiger partial charge on any atom is 0.306 e. The third-order valence-electron chi connectivity index (χ3n) is 14.3. The van der Waals surface area contributed by atoms with Crippen molar-refractivity contribution in [2.24, 2.45) is 0 Å². The van der Waals surface area contributed by atoms with Crippen LogP contribution in [0, 0.1) is 0 Å². The summed E-state index contributed by atoms with van der Waals surface area (Å²) in [5.74, 6) is -0.452. The highest BCUT2D eigenvalue weighted by atomic mass is 16.5. The zero-order valence-corrected chi connectivity index (χ0v) is 45.6. The molecule has 3 N–H and O–H groups in total. The minimum atomic E-state index is -0.784. The van der Waals surface area contributed by atoms with Crippen LogP contribution in [0.5, 0.6) is 0 Å². The number of carbonyl (C=O) groups excluding carboxylic acids is 2. The summed E-state index contributed by atoms with van der Waals surface area (Å²) in [5.41, 5.74) is 0. The summed E-state index contributed by atoms with van der Waals surface area (Å²) in [6.45, 7) is 6.53. The summed E-state index contributed by atoms with van der Waals surface area (Å²) in [5, 5.41) is 23.9. The van der Waals surface area contributed by atoms with Crippen molar-refractivity contribution in [3.63, 3.8) is 0 Å². The molecule has 0 aliphatic rings. The second-order valence-corrected chi connectivity index (χ2v) is 21.1. The van der Waals surface area contributed by atoms with Gasteiger partial charge in [0.1, 0.15) is 6.10 Å². The van der Waals surface area contributed by atoms with Gasteiger partial charge in [-0.15, -0.1) is 0 Å². The third kappa shape index (κ3) is 50.8. The number of esters is 1. The van der Waals surface area contributed by atoms with Gasteiger partial charge in [-0.25, -0.2) is 0 Å². The summed E-state index contributed by atoms with van der Waals surface area (Å²) < 4.78 is 5.98. The van der Waals surface area contributed by atoms with Crippen LogP contribution in [0.15, 0.2) is 12.2 Å². The van der Waals surface area contributed by atoms with Crippen LogP contribution >= 0.6 is 0 Å². The Bertz CT molecular complexity index is 1020. The van der Waals surface area contributed by atoms with E-state index < -0.39 is 18.2 Å². The molecule has 3 unspecified atom stereocenters. The van der Waals surface area contributed by atoms with Gasteiger partial charge in [0.2, 0.25) is 5.91 Å². The van der Waals surface area contributed by atoms with Gasteiger partial charge in [0.05, 0.1) is 25.2 Å². The van der Waals surface area contributed by atoms with Crippen molar-refractivity contribution in [1.82, 2.24) is 5.32 Å². The molecule has 67 heavy (non-hydrogen) atoms. The quantitative estimate of drug-likeness (QED) is 0.0321. The molecule has 0 aromatic rings. The van der Waals surface area contributed by atoms with Crippen LogP contribution in [-0.2, 0) is 14.3 Å². The molecule has 0 saturated carbocycles. The van der Waals surface area contributed by atoms with Crippen LogP contribution in [-0.4, -0.2) is 46.9 Å². The molecule has 3 atom stereocenters. The molecule has 0 rings (SSSR count). The Morgan fingerprint density at radius 2 is 0.716 bits per heavy atom. The largest absolute Gasteiger partial charge is 0.462 e. The lowest BCUT2D eigenvalue weighted by Gasteiger charge is -2.24. The van der Waals surface area contributed by atoms with Crippen molar-refractivity contribution in [3.05, 3.63) is 12.2 Å². The molecular weight excluding hydrogens is 827 g/mol. The summed E-state index contributed by atoms with van der Waals surface area (Å²) in [4.78, 5) is 26.3. The first-order valence-corrected chi connectivity index (χ1v) is 30.4. The monoisotopic (exact) mass is 946 g/mol. The predicted molar refractivity (Wildman–Crippen MR) is 292 cm³/mol. The Labute approximate surface area is 419 Å². The van der Waals surface area contributed by atoms with E-state index in [0.29, 0.717) is 19.3 Å². The number of rotatable bonds is 56. The Morgan fingerprint density at radius 1 is 0.418 bits per heavy atom. The SMILES string of the molecule is CCCCCCCC/C=C/CCCCCCCCCC(CC(=O)NC(CO)C(O)CCCCCCCCCCCCCCCC)OC(=O)CCCCCCCCCCCCCCCCCCC. The fraction of sp³-hybridized carbons (Fsp3) is 0.934. The van der Waals surface area contributed by atoms with Crippen molar-refractivity contribution in [3.8, 4) is 0 Å². The first-order valence-electron chi connectivity index (χ1n) is 30.4. The van der Waals surface area contributed by atoms with Gasteiger partial charge < -0.3 is 20.3 Å². The number of hydrogen-bond acceptors (Lipinski definition) is 5. The lowest BCUT2D eigenvalue weighted by atomic mass is 10.0. The van der Waals surface area contributed by atoms with Crippen molar-refractivity contribution < 1.29 is 24.5 Å². The number of ether oxygens (including phenoxy) is 1. The molecule has 1 amide bonds. The molecule has 6 nitrogen and oxygen atoms in total. The Kier molecular flexibility index (Phi) is 54.4. The zero-order valence-electron chi connectivity index (χ0n) is 45.6. The molecule has 0 bridgehead atoms. The van der Waals surface area contributed by atoms with Gasteiger partial charge in [-0.05, 0) is 51.4 Å². The standard InChI is InChI=1S/C61H119NO5/c1-4-7-10-13-16-19-22-25-28-30-32-34-37-40-43-46-49-52-57(67-61(66)54-51-48-45-42-39-36-33-31-29-26-23-20-17-14-11-8-5-2)55-60(65)62-58(56-63)59(64)53-50-47-44-41-38-35-27-24-21-18-15-12-9-6-3/h25,28,57-59,63-64H,4-24,26-27,29-56H2,1-3H3,(H,62,65)/b28-25+. The average Bonchev–Trinajstić information content (AvgIpc) is 3.32. The number of aliphatic hydroxyl groups is 2. The van der Waals surface area contributed by atoms with E-state index >= 15 is 0 Å². The van der Waals surface area contributed by atoms with Gasteiger partial charge in [0.25, 0.3) is 0 Å². The number of amides is 1. The molecule has 0 aromatic heterocycles. The molecule has 6 heteroatoms. The third-order valence-corrected chi connectivity index (χ3v) is 14.3. The highest BCUT2D eigenvalue weighted by Gasteiger charge is 2.24. The van der Waals surface area contributed by atoms with E-state index in [9.17, 15) is 19.8 Å². The molecule has 398 valence electrons. The average molecular weight is 947 g/mol. The summed E-state index contributed by atoms with van der Waals surface area (Å²) in [7, 11) is 0. The van der Waals surface area contributed by atoms with Crippen molar-refractivity contribution in [1.29, 1.82) is 0 Å². The topological polar surface area (TPSA) is 95.9 Å². The Morgan fingerprint density at radius 3 is 1.06 bits per heavy atom. The summed E-state index contributed by atoms with van der Waals surface area (Å²) in [6, 6.07) is -0.698. The Hall–Kier alpha value is -1.40. The predicted octanol–water partition coefficient (Wildman–Crippen LogP) is 18.9. The van der Waals surface area contributed by atoms with Crippen molar-refractivity contribution in [2.45, 2.75) is 360 Å². The molecule has 0 fully saturated rings. The summed E-state index contributed by atoms with van der Waals surface area (Å²) in [6.07, 6.45) is 64.2. The van der Waals surface area contributed by atoms with Crippen molar-refractivity contribution in [2.75, 3.05) is 6.61 Å². The molecule has 0 aliphatic carbocycles. The number of nitrogens with one attached hydrogen (secondary N) is 1. The van der Waals surface area contributed by atoms with E-state index in [2.05, 4.69) is 38.2 Å². The smallest absolute Gasteiger partial charge is 0.306 e. The number of unbranched alkanes of at least 4 members (excludes halogenated alkanes) is 42. The normalized spacial score (nSPS) is 13.1.